The van der Waals surface area contributed by atoms with Crippen LogP contribution in [0.2, 0.25) is 0 Å². The summed E-state index contributed by atoms with van der Waals surface area (Å²) in [4.78, 5) is 17.6. The van der Waals surface area contributed by atoms with E-state index in [2.05, 4.69) is 17.5 Å². The lowest BCUT2D eigenvalue weighted by Crippen LogP contribution is -2.23. The Bertz CT molecular complexity index is 663. The highest BCUT2D eigenvalue weighted by molar-refractivity contribution is 7.46. The van der Waals surface area contributed by atoms with Crippen molar-refractivity contribution in [3.63, 3.8) is 0 Å². The predicted molar refractivity (Wildman–Crippen MR) is 143 cm³/mol. The van der Waals surface area contributed by atoms with Crippen LogP contribution in [-0.2, 0) is 26.9 Å². The average molecular weight is 515 g/mol. The quantitative estimate of drug-likeness (QED) is 0.0978. The van der Waals surface area contributed by atoms with Gasteiger partial charge in [-0.05, 0) is 24.0 Å². The lowest BCUT2D eigenvalue weighted by molar-refractivity contribution is -0.0281. The van der Waals surface area contributed by atoms with Gasteiger partial charge in [-0.1, -0.05) is 128 Å². The molecular weight excluding hydrogens is 463 g/mol. The summed E-state index contributed by atoms with van der Waals surface area (Å²) in [5.41, 5.74) is 2.27. The van der Waals surface area contributed by atoms with Crippen LogP contribution in [0.5, 0.6) is 0 Å². The first-order valence-corrected chi connectivity index (χ1v) is 15.5. The minimum absolute atomic E-state index is 0.283. The fourth-order valence-corrected chi connectivity index (χ4v) is 4.71. The van der Waals surface area contributed by atoms with Crippen molar-refractivity contribution in [3.05, 3.63) is 35.4 Å². The molecule has 204 valence electrons. The SMILES string of the molecule is CCCCCCCCCCCCCCCCCCc1ccccc1CO[C@@H](CO)COP(=O)(O)O. The van der Waals surface area contributed by atoms with Gasteiger partial charge in [0.05, 0.1) is 19.8 Å². The number of phosphoric acid groups is 1. The minimum Gasteiger partial charge on any atom is -0.394 e. The van der Waals surface area contributed by atoms with Crippen LogP contribution in [0.4, 0.5) is 0 Å². The van der Waals surface area contributed by atoms with E-state index in [1.54, 1.807) is 0 Å². The van der Waals surface area contributed by atoms with Gasteiger partial charge in [0.1, 0.15) is 6.10 Å². The number of rotatable bonds is 24. The van der Waals surface area contributed by atoms with Gasteiger partial charge in [0.15, 0.2) is 0 Å². The van der Waals surface area contributed by atoms with Crippen molar-refractivity contribution in [2.75, 3.05) is 13.2 Å². The van der Waals surface area contributed by atoms with E-state index in [-0.39, 0.29) is 19.8 Å². The lowest BCUT2D eigenvalue weighted by atomic mass is 10.00. The summed E-state index contributed by atoms with van der Waals surface area (Å²) < 4.78 is 20.9. The molecule has 0 unspecified atom stereocenters. The van der Waals surface area contributed by atoms with Gasteiger partial charge in [-0.15, -0.1) is 0 Å². The van der Waals surface area contributed by atoms with E-state index in [0.29, 0.717) is 0 Å². The fourth-order valence-electron chi connectivity index (χ4n) is 4.35. The molecule has 0 aromatic heterocycles. The first kappa shape index (κ1) is 32.3. The summed E-state index contributed by atoms with van der Waals surface area (Å²) >= 11 is 0. The largest absolute Gasteiger partial charge is 0.469 e. The number of aliphatic hydroxyl groups is 1. The number of benzene rings is 1. The van der Waals surface area contributed by atoms with Crippen molar-refractivity contribution >= 4 is 7.82 Å². The molecule has 0 aliphatic carbocycles. The average Bonchev–Trinajstić information content (AvgIpc) is 2.84. The molecule has 0 amide bonds. The van der Waals surface area contributed by atoms with Crippen molar-refractivity contribution in [2.45, 2.75) is 129 Å². The number of ether oxygens (including phenoxy) is 1. The Kier molecular flexibility index (Phi) is 19.7. The summed E-state index contributed by atoms with van der Waals surface area (Å²) in [6, 6.07) is 8.08. The van der Waals surface area contributed by atoms with Crippen LogP contribution in [0.15, 0.2) is 24.3 Å². The number of aryl methyl sites for hydroxylation is 1. The van der Waals surface area contributed by atoms with Crippen LogP contribution >= 0.6 is 7.82 Å². The molecule has 1 atom stereocenters. The smallest absolute Gasteiger partial charge is 0.394 e. The van der Waals surface area contributed by atoms with Crippen LogP contribution < -0.4 is 0 Å². The molecule has 7 heteroatoms. The van der Waals surface area contributed by atoms with Crippen molar-refractivity contribution in [1.82, 2.24) is 0 Å². The Morgan fingerprint density at radius 2 is 1.20 bits per heavy atom. The van der Waals surface area contributed by atoms with Crippen molar-refractivity contribution < 1.29 is 28.7 Å². The lowest BCUT2D eigenvalue weighted by Gasteiger charge is -2.17. The van der Waals surface area contributed by atoms with E-state index >= 15 is 0 Å². The minimum atomic E-state index is -4.57. The summed E-state index contributed by atoms with van der Waals surface area (Å²) in [5, 5.41) is 9.37. The Labute approximate surface area is 214 Å². The number of phosphoric ester groups is 1. The highest BCUT2D eigenvalue weighted by Gasteiger charge is 2.18. The zero-order chi connectivity index (χ0) is 25.6. The van der Waals surface area contributed by atoms with Crippen LogP contribution in [0.1, 0.15) is 121 Å². The van der Waals surface area contributed by atoms with Gasteiger partial charge in [-0.3, -0.25) is 4.52 Å². The second kappa shape index (κ2) is 21.3. The zero-order valence-corrected chi connectivity index (χ0v) is 22.9. The fraction of sp³-hybridized carbons (Fsp3) is 0.786. The van der Waals surface area contributed by atoms with E-state index in [0.717, 1.165) is 18.4 Å². The van der Waals surface area contributed by atoms with E-state index in [4.69, 9.17) is 14.5 Å². The van der Waals surface area contributed by atoms with Crippen LogP contribution in [0, 0.1) is 0 Å². The molecule has 1 aromatic rings. The maximum Gasteiger partial charge on any atom is 0.469 e. The highest BCUT2D eigenvalue weighted by Crippen LogP contribution is 2.35. The molecule has 0 aliphatic heterocycles. The van der Waals surface area contributed by atoms with Gasteiger partial charge in [-0.25, -0.2) is 4.57 Å². The molecule has 1 aromatic carbocycles. The third-order valence-corrected chi connectivity index (χ3v) is 7.01. The number of hydrogen-bond acceptors (Lipinski definition) is 4. The second-order valence-electron chi connectivity index (χ2n) is 9.72. The molecule has 0 fully saturated rings. The Morgan fingerprint density at radius 1 is 0.743 bits per heavy atom. The molecule has 1 rings (SSSR count). The summed E-state index contributed by atoms with van der Waals surface area (Å²) in [5.74, 6) is 0. The van der Waals surface area contributed by atoms with Gasteiger partial charge in [-0.2, -0.15) is 0 Å². The third-order valence-electron chi connectivity index (χ3n) is 6.52. The number of aliphatic hydroxyl groups excluding tert-OH is 1. The molecule has 6 nitrogen and oxygen atoms in total. The molecule has 3 N–H and O–H groups in total. The second-order valence-corrected chi connectivity index (χ2v) is 11.0. The highest BCUT2D eigenvalue weighted by atomic mass is 31.2. The Balaban J connectivity index is 2.06. The van der Waals surface area contributed by atoms with Crippen LogP contribution in [0.3, 0.4) is 0 Å². The Morgan fingerprint density at radius 3 is 1.66 bits per heavy atom. The van der Waals surface area contributed by atoms with Crippen molar-refractivity contribution in [3.8, 4) is 0 Å². The van der Waals surface area contributed by atoms with Gasteiger partial charge in [0.25, 0.3) is 0 Å². The number of unbranched alkanes of at least 4 members (excludes halogenated alkanes) is 15. The standard InChI is InChI=1S/C28H51O6P/c1-2-3-4-5-6-7-8-9-10-11-12-13-14-15-16-17-20-26-21-18-19-22-27(26)24-33-28(23-29)25-34-35(30,31)32/h18-19,21-22,28-29H,2-17,20,23-25H2,1H3,(H2,30,31,32)/t28-/m0/s1. The van der Waals surface area contributed by atoms with Gasteiger partial charge in [0, 0.05) is 0 Å². The predicted octanol–water partition coefficient (Wildman–Crippen LogP) is 7.48. The molecule has 0 heterocycles. The first-order chi connectivity index (χ1) is 17.0. The number of hydrogen-bond donors (Lipinski definition) is 3. The third kappa shape index (κ3) is 19.1. The topological polar surface area (TPSA) is 96.2 Å². The monoisotopic (exact) mass is 514 g/mol. The van der Waals surface area contributed by atoms with Crippen molar-refractivity contribution in [2.24, 2.45) is 0 Å². The van der Waals surface area contributed by atoms with Crippen LogP contribution in [-0.4, -0.2) is 34.2 Å². The first-order valence-electron chi connectivity index (χ1n) is 14.0. The summed E-state index contributed by atoms with van der Waals surface area (Å²) in [6.07, 6.45) is 21.9. The molecule has 0 aliphatic rings. The normalized spacial score (nSPS) is 12.8. The van der Waals surface area contributed by atoms with Crippen LogP contribution in [0.25, 0.3) is 0 Å². The van der Waals surface area contributed by atoms with Gasteiger partial charge in [0.2, 0.25) is 0 Å². The molecule has 35 heavy (non-hydrogen) atoms. The summed E-state index contributed by atoms with van der Waals surface area (Å²) in [7, 11) is -4.57. The van der Waals surface area contributed by atoms with Gasteiger partial charge >= 0.3 is 7.82 Å². The van der Waals surface area contributed by atoms with Gasteiger partial charge < -0.3 is 19.6 Å². The maximum absolute atomic E-state index is 10.8. The van der Waals surface area contributed by atoms with Crippen molar-refractivity contribution in [1.29, 1.82) is 0 Å². The Hall–Kier alpha value is -0.750. The molecular formula is C28H51O6P. The molecule has 0 bridgehead atoms. The maximum atomic E-state index is 10.8. The molecule has 0 spiro atoms. The molecule has 0 saturated carbocycles. The van der Waals surface area contributed by atoms with E-state index in [1.807, 2.05) is 18.2 Å². The molecule has 0 saturated heterocycles. The van der Waals surface area contributed by atoms with E-state index in [1.165, 1.54) is 102 Å². The van der Waals surface area contributed by atoms with E-state index in [9.17, 15) is 9.67 Å². The summed E-state index contributed by atoms with van der Waals surface area (Å²) in [6.45, 7) is 1.85. The van der Waals surface area contributed by atoms with E-state index < -0.39 is 13.9 Å². The zero-order valence-electron chi connectivity index (χ0n) is 22.0. The molecule has 0 radical (unpaired) electrons.